The number of carbonyl (C=O) groups excluding carboxylic acids is 1. The highest BCUT2D eigenvalue weighted by Crippen LogP contribution is 2.23. The second-order valence-corrected chi connectivity index (χ2v) is 4.34. The number of carboxylic acids is 1. The van der Waals surface area contributed by atoms with Crippen molar-refractivity contribution in [3.05, 3.63) is 29.6 Å². The molecule has 1 aromatic rings. The summed E-state index contributed by atoms with van der Waals surface area (Å²) in [5.74, 6) is -2.08. The molecule has 1 fully saturated rings. The van der Waals surface area contributed by atoms with E-state index in [1.54, 1.807) is 0 Å². The second kappa shape index (κ2) is 5.26. The number of amides is 1. The molecule has 1 aromatic carbocycles. The summed E-state index contributed by atoms with van der Waals surface area (Å²) in [6, 6.07) is 3.03. The van der Waals surface area contributed by atoms with E-state index in [1.807, 2.05) is 0 Å². The van der Waals surface area contributed by atoms with Gasteiger partial charge in [-0.2, -0.15) is 0 Å². The Bertz CT molecular complexity index is 517. The Hall–Kier alpha value is -2.11. The van der Waals surface area contributed by atoms with Crippen LogP contribution in [0.25, 0.3) is 0 Å². The van der Waals surface area contributed by atoms with Crippen LogP contribution >= 0.6 is 0 Å². The standard InChI is InChI=1S/C13H14FNO4/c1-19-11-5-4-8(7-9(11)14)12(16)15-6-2-3-10(15)13(17)18/h4-5,7,10H,2-3,6H2,1H3,(H,17,18). The number of rotatable bonds is 3. The number of hydrogen-bond acceptors (Lipinski definition) is 3. The summed E-state index contributed by atoms with van der Waals surface area (Å²) in [4.78, 5) is 24.5. The third-order valence-corrected chi connectivity index (χ3v) is 3.20. The van der Waals surface area contributed by atoms with Gasteiger partial charge in [-0.3, -0.25) is 4.79 Å². The zero-order chi connectivity index (χ0) is 14.0. The molecule has 6 heteroatoms. The molecule has 5 nitrogen and oxygen atoms in total. The van der Waals surface area contributed by atoms with E-state index in [-0.39, 0.29) is 11.3 Å². The van der Waals surface area contributed by atoms with Crippen LogP contribution in [0.5, 0.6) is 5.75 Å². The Morgan fingerprint density at radius 3 is 2.79 bits per heavy atom. The number of likely N-dealkylation sites (tertiary alicyclic amines) is 1. The largest absolute Gasteiger partial charge is 0.494 e. The third kappa shape index (κ3) is 2.52. The van der Waals surface area contributed by atoms with Crippen molar-refractivity contribution in [3.63, 3.8) is 0 Å². The number of benzene rings is 1. The van der Waals surface area contributed by atoms with Crippen LogP contribution < -0.4 is 4.74 Å². The molecule has 0 aromatic heterocycles. The molecular formula is C13H14FNO4. The minimum Gasteiger partial charge on any atom is -0.494 e. The van der Waals surface area contributed by atoms with Crippen molar-refractivity contribution in [2.45, 2.75) is 18.9 Å². The van der Waals surface area contributed by atoms with E-state index in [1.165, 1.54) is 24.1 Å². The van der Waals surface area contributed by atoms with Gasteiger partial charge in [-0.15, -0.1) is 0 Å². The van der Waals surface area contributed by atoms with Gasteiger partial charge < -0.3 is 14.7 Å². The molecule has 2 rings (SSSR count). The Balaban J connectivity index is 2.24. The first-order valence-electron chi connectivity index (χ1n) is 5.92. The summed E-state index contributed by atoms with van der Waals surface area (Å²) in [6.45, 7) is 0.378. The second-order valence-electron chi connectivity index (χ2n) is 4.34. The van der Waals surface area contributed by atoms with Gasteiger partial charge in [0.15, 0.2) is 11.6 Å². The van der Waals surface area contributed by atoms with E-state index in [2.05, 4.69) is 0 Å². The summed E-state index contributed by atoms with van der Waals surface area (Å²) in [5, 5.41) is 9.03. The average Bonchev–Trinajstić information content (AvgIpc) is 2.87. The Morgan fingerprint density at radius 1 is 1.47 bits per heavy atom. The molecule has 1 heterocycles. The average molecular weight is 267 g/mol. The molecule has 1 saturated heterocycles. The Labute approximate surface area is 109 Å². The Morgan fingerprint density at radius 2 is 2.21 bits per heavy atom. The van der Waals surface area contributed by atoms with Crippen LogP contribution in [0.1, 0.15) is 23.2 Å². The highest BCUT2D eigenvalue weighted by molar-refractivity contribution is 5.97. The predicted octanol–water partition coefficient (Wildman–Crippen LogP) is 1.52. The summed E-state index contributed by atoms with van der Waals surface area (Å²) in [6.07, 6.45) is 1.07. The molecule has 1 N–H and O–H groups in total. The summed E-state index contributed by atoms with van der Waals surface area (Å²) >= 11 is 0. The van der Waals surface area contributed by atoms with Crippen molar-refractivity contribution in [1.29, 1.82) is 0 Å². The van der Waals surface area contributed by atoms with Crippen molar-refractivity contribution < 1.29 is 23.8 Å². The van der Waals surface area contributed by atoms with Crippen LogP contribution in [-0.2, 0) is 4.79 Å². The van der Waals surface area contributed by atoms with Crippen molar-refractivity contribution in [2.24, 2.45) is 0 Å². The van der Waals surface area contributed by atoms with Crippen LogP contribution in [0.4, 0.5) is 4.39 Å². The zero-order valence-corrected chi connectivity index (χ0v) is 10.4. The van der Waals surface area contributed by atoms with Gasteiger partial charge in [-0.05, 0) is 31.0 Å². The van der Waals surface area contributed by atoms with Gasteiger partial charge >= 0.3 is 5.97 Å². The summed E-state index contributed by atoms with van der Waals surface area (Å²) < 4.78 is 18.3. The van der Waals surface area contributed by atoms with Crippen molar-refractivity contribution in [1.82, 2.24) is 4.90 Å². The number of carbonyl (C=O) groups is 2. The van der Waals surface area contributed by atoms with Gasteiger partial charge in [0.05, 0.1) is 7.11 Å². The quantitative estimate of drug-likeness (QED) is 0.901. The SMILES string of the molecule is COc1ccc(C(=O)N2CCCC2C(=O)O)cc1F. The summed E-state index contributed by atoms with van der Waals surface area (Å²) in [5.41, 5.74) is 0.131. The predicted molar refractivity (Wildman–Crippen MR) is 64.6 cm³/mol. The number of ether oxygens (including phenoxy) is 1. The minimum absolute atomic E-state index is 0.0488. The normalized spacial score (nSPS) is 18.4. The van der Waals surface area contributed by atoms with E-state index in [4.69, 9.17) is 9.84 Å². The maximum atomic E-state index is 13.5. The lowest BCUT2D eigenvalue weighted by molar-refractivity contribution is -0.141. The van der Waals surface area contributed by atoms with Crippen LogP contribution in [0.3, 0.4) is 0 Å². The molecule has 102 valence electrons. The van der Waals surface area contributed by atoms with Crippen LogP contribution in [-0.4, -0.2) is 41.6 Å². The number of halogens is 1. The van der Waals surface area contributed by atoms with Crippen molar-refractivity contribution >= 4 is 11.9 Å². The number of nitrogens with zero attached hydrogens (tertiary/aromatic N) is 1. The maximum absolute atomic E-state index is 13.5. The first kappa shape index (κ1) is 13.3. The molecule has 0 saturated carbocycles. The molecule has 19 heavy (non-hydrogen) atoms. The van der Waals surface area contributed by atoms with Crippen molar-refractivity contribution in [2.75, 3.05) is 13.7 Å². The molecular weight excluding hydrogens is 253 g/mol. The molecule has 1 aliphatic rings. The van der Waals surface area contributed by atoms with Gasteiger partial charge in [0.1, 0.15) is 6.04 Å². The fraction of sp³-hybridized carbons (Fsp3) is 0.385. The van der Waals surface area contributed by atoms with E-state index in [9.17, 15) is 14.0 Å². The van der Waals surface area contributed by atoms with Gasteiger partial charge in [0.2, 0.25) is 0 Å². The number of methoxy groups -OCH3 is 1. The lowest BCUT2D eigenvalue weighted by Gasteiger charge is -2.21. The molecule has 0 aliphatic carbocycles. The smallest absolute Gasteiger partial charge is 0.326 e. The molecule has 0 bridgehead atoms. The minimum atomic E-state index is -1.03. The molecule has 0 spiro atoms. The van der Waals surface area contributed by atoms with Crippen LogP contribution in [0, 0.1) is 5.82 Å². The first-order valence-corrected chi connectivity index (χ1v) is 5.92. The van der Waals surface area contributed by atoms with Gasteiger partial charge in [-0.25, -0.2) is 9.18 Å². The van der Waals surface area contributed by atoms with Crippen molar-refractivity contribution in [3.8, 4) is 5.75 Å². The maximum Gasteiger partial charge on any atom is 0.326 e. The van der Waals surface area contributed by atoms with E-state index >= 15 is 0 Å². The van der Waals surface area contributed by atoms with Gasteiger partial charge in [0.25, 0.3) is 5.91 Å². The molecule has 0 radical (unpaired) electrons. The van der Waals surface area contributed by atoms with Gasteiger partial charge in [0, 0.05) is 12.1 Å². The monoisotopic (exact) mass is 267 g/mol. The van der Waals surface area contributed by atoms with E-state index in [0.717, 1.165) is 6.07 Å². The number of hydrogen-bond donors (Lipinski definition) is 1. The first-order chi connectivity index (χ1) is 9.04. The zero-order valence-electron chi connectivity index (χ0n) is 10.4. The fourth-order valence-corrected chi connectivity index (χ4v) is 2.23. The van der Waals surface area contributed by atoms with Crippen LogP contribution in [0.2, 0.25) is 0 Å². The van der Waals surface area contributed by atoms with E-state index in [0.29, 0.717) is 19.4 Å². The topological polar surface area (TPSA) is 66.8 Å². The summed E-state index contributed by atoms with van der Waals surface area (Å²) in [7, 11) is 1.33. The van der Waals surface area contributed by atoms with Gasteiger partial charge in [-0.1, -0.05) is 0 Å². The highest BCUT2D eigenvalue weighted by Gasteiger charge is 2.34. The Kier molecular flexibility index (Phi) is 3.69. The molecule has 1 aliphatic heterocycles. The molecule has 1 amide bonds. The fourth-order valence-electron chi connectivity index (χ4n) is 2.23. The third-order valence-electron chi connectivity index (χ3n) is 3.20. The molecule has 1 atom stereocenters. The molecule has 1 unspecified atom stereocenters. The van der Waals surface area contributed by atoms with Crippen LogP contribution in [0.15, 0.2) is 18.2 Å². The lowest BCUT2D eigenvalue weighted by atomic mass is 10.1. The highest BCUT2D eigenvalue weighted by atomic mass is 19.1. The lowest BCUT2D eigenvalue weighted by Crippen LogP contribution is -2.40. The van der Waals surface area contributed by atoms with E-state index < -0.39 is 23.7 Å². The number of carboxylic acid groups (broad SMARTS) is 1. The number of aliphatic carboxylic acids is 1.